The van der Waals surface area contributed by atoms with E-state index in [2.05, 4.69) is 21.2 Å². The van der Waals surface area contributed by atoms with E-state index in [-0.39, 0.29) is 5.91 Å². The van der Waals surface area contributed by atoms with Crippen LogP contribution in [0.15, 0.2) is 46.9 Å². The number of amides is 1. The molecule has 116 valence electrons. The van der Waals surface area contributed by atoms with Gasteiger partial charge in [-0.2, -0.15) is 0 Å². The Morgan fingerprint density at radius 2 is 1.82 bits per heavy atom. The Labute approximate surface area is 147 Å². The van der Waals surface area contributed by atoms with E-state index in [0.29, 0.717) is 35.2 Å². The molecule has 3 nitrogen and oxygen atoms in total. The SMILES string of the molecule is O=C(CCCOc1ccc(Br)cc1)Nc1ccc(Cl)c(Cl)c1. The molecule has 22 heavy (non-hydrogen) atoms. The molecule has 0 unspecified atom stereocenters. The first-order chi connectivity index (χ1) is 10.5. The summed E-state index contributed by atoms with van der Waals surface area (Å²) in [6, 6.07) is 12.6. The van der Waals surface area contributed by atoms with Crippen LogP contribution in [-0.4, -0.2) is 12.5 Å². The molecule has 0 aliphatic heterocycles. The fourth-order valence-corrected chi connectivity index (χ4v) is 2.31. The van der Waals surface area contributed by atoms with Crippen molar-refractivity contribution in [1.29, 1.82) is 0 Å². The summed E-state index contributed by atoms with van der Waals surface area (Å²) in [5.74, 6) is 0.700. The van der Waals surface area contributed by atoms with Gasteiger partial charge < -0.3 is 10.1 Å². The van der Waals surface area contributed by atoms with Crippen LogP contribution in [0, 0.1) is 0 Å². The molecular formula is C16H14BrCl2NO2. The smallest absolute Gasteiger partial charge is 0.224 e. The highest BCUT2D eigenvalue weighted by Crippen LogP contribution is 2.25. The van der Waals surface area contributed by atoms with Gasteiger partial charge in [0.15, 0.2) is 0 Å². The van der Waals surface area contributed by atoms with Crippen LogP contribution in [0.5, 0.6) is 5.75 Å². The van der Waals surface area contributed by atoms with Gasteiger partial charge in [0.25, 0.3) is 0 Å². The van der Waals surface area contributed by atoms with Crippen molar-refractivity contribution in [2.24, 2.45) is 0 Å². The summed E-state index contributed by atoms with van der Waals surface area (Å²) in [6.07, 6.45) is 1.000. The van der Waals surface area contributed by atoms with Crippen LogP contribution in [0.1, 0.15) is 12.8 Å². The van der Waals surface area contributed by atoms with Gasteiger partial charge in [-0.05, 0) is 48.9 Å². The number of carbonyl (C=O) groups is 1. The molecule has 0 radical (unpaired) electrons. The molecule has 0 bridgehead atoms. The molecule has 0 heterocycles. The highest BCUT2D eigenvalue weighted by Gasteiger charge is 2.05. The van der Waals surface area contributed by atoms with Crippen LogP contribution in [0.25, 0.3) is 0 Å². The Balaban J connectivity index is 1.71. The Hall–Kier alpha value is -1.23. The lowest BCUT2D eigenvalue weighted by atomic mass is 10.2. The van der Waals surface area contributed by atoms with Crippen LogP contribution in [0.3, 0.4) is 0 Å². The van der Waals surface area contributed by atoms with Crippen molar-refractivity contribution in [1.82, 2.24) is 0 Å². The van der Waals surface area contributed by atoms with Crippen LogP contribution in [0.4, 0.5) is 5.69 Å². The molecule has 6 heteroatoms. The lowest BCUT2D eigenvalue weighted by Crippen LogP contribution is -2.12. The first-order valence-corrected chi connectivity index (χ1v) is 8.23. The average molecular weight is 403 g/mol. The van der Waals surface area contributed by atoms with Crippen LogP contribution in [0.2, 0.25) is 10.0 Å². The number of hydrogen-bond acceptors (Lipinski definition) is 2. The highest BCUT2D eigenvalue weighted by molar-refractivity contribution is 9.10. The maximum Gasteiger partial charge on any atom is 0.224 e. The van der Waals surface area contributed by atoms with Gasteiger partial charge in [-0.1, -0.05) is 39.1 Å². The summed E-state index contributed by atoms with van der Waals surface area (Å²) < 4.78 is 6.56. The standard InChI is InChI=1S/C16H14BrCl2NO2/c17-11-3-6-13(7-4-11)22-9-1-2-16(21)20-12-5-8-14(18)15(19)10-12/h3-8,10H,1-2,9H2,(H,20,21). The molecule has 0 spiro atoms. The zero-order valence-corrected chi connectivity index (χ0v) is 14.7. The van der Waals surface area contributed by atoms with Crippen LogP contribution in [-0.2, 0) is 4.79 Å². The van der Waals surface area contributed by atoms with Gasteiger partial charge in [-0.15, -0.1) is 0 Å². The minimum absolute atomic E-state index is 0.0854. The molecule has 2 rings (SSSR count). The Morgan fingerprint density at radius 1 is 1.09 bits per heavy atom. The van der Waals surface area contributed by atoms with Gasteiger partial charge in [0, 0.05) is 16.6 Å². The lowest BCUT2D eigenvalue weighted by molar-refractivity contribution is -0.116. The number of benzene rings is 2. The zero-order chi connectivity index (χ0) is 15.9. The van der Waals surface area contributed by atoms with Gasteiger partial charge in [-0.3, -0.25) is 4.79 Å². The zero-order valence-electron chi connectivity index (χ0n) is 11.6. The number of anilines is 1. The minimum Gasteiger partial charge on any atom is -0.494 e. The van der Waals surface area contributed by atoms with Crippen molar-refractivity contribution in [3.8, 4) is 5.75 Å². The van der Waals surface area contributed by atoms with Crippen LogP contribution < -0.4 is 10.1 Å². The second kappa shape index (κ2) is 8.42. The number of hydrogen-bond donors (Lipinski definition) is 1. The predicted molar refractivity (Wildman–Crippen MR) is 94.0 cm³/mol. The largest absolute Gasteiger partial charge is 0.494 e. The molecule has 0 aromatic heterocycles. The molecule has 0 fully saturated rings. The maximum atomic E-state index is 11.8. The van der Waals surface area contributed by atoms with E-state index < -0.39 is 0 Å². The van der Waals surface area contributed by atoms with Crippen LogP contribution >= 0.6 is 39.1 Å². The van der Waals surface area contributed by atoms with Crippen molar-refractivity contribution >= 4 is 50.7 Å². The van der Waals surface area contributed by atoms with Crippen molar-refractivity contribution in [2.45, 2.75) is 12.8 Å². The monoisotopic (exact) mass is 401 g/mol. The molecule has 0 saturated heterocycles. The average Bonchev–Trinajstić information content (AvgIpc) is 2.49. The first kappa shape index (κ1) is 17.1. The lowest BCUT2D eigenvalue weighted by Gasteiger charge is -2.08. The summed E-state index contributed by atoms with van der Waals surface area (Å²) in [6.45, 7) is 0.483. The summed E-state index contributed by atoms with van der Waals surface area (Å²) in [5, 5.41) is 3.65. The number of halogens is 3. The summed E-state index contributed by atoms with van der Waals surface area (Å²) >= 11 is 15.1. The third kappa shape index (κ3) is 5.52. The number of nitrogens with one attached hydrogen (secondary N) is 1. The van der Waals surface area contributed by atoms with E-state index in [4.69, 9.17) is 27.9 Å². The molecule has 0 saturated carbocycles. The van der Waals surface area contributed by atoms with Crippen molar-refractivity contribution in [2.75, 3.05) is 11.9 Å². The predicted octanol–water partition coefficient (Wildman–Crippen LogP) is 5.55. The Kier molecular flexibility index (Phi) is 6.55. The minimum atomic E-state index is -0.0854. The van der Waals surface area contributed by atoms with E-state index in [0.717, 1.165) is 10.2 Å². The van der Waals surface area contributed by atoms with Gasteiger partial charge >= 0.3 is 0 Å². The second-order valence-corrected chi connectivity index (χ2v) is 6.31. The van der Waals surface area contributed by atoms with Gasteiger partial charge in [0.1, 0.15) is 5.75 Å². The van der Waals surface area contributed by atoms with E-state index >= 15 is 0 Å². The molecule has 2 aromatic rings. The third-order valence-corrected chi connectivity index (χ3v) is 4.10. The first-order valence-electron chi connectivity index (χ1n) is 6.68. The highest BCUT2D eigenvalue weighted by atomic mass is 79.9. The summed E-state index contributed by atoms with van der Waals surface area (Å²) in [7, 11) is 0. The van der Waals surface area contributed by atoms with Crippen molar-refractivity contribution < 1.29 is 9.53 Å². The molecule has 1 amide bonds. The fraction of sp³-hybridized carbons (Fsp3) is 0.188. The molecule has 1 N–H and O–H groups in total. The van der Waals surface area contributed by atoms with E-state index in [1.54, 1.807) is 18.2 Å². The fourth-order valence-electron chi connectivity index (χ4n) is 1.75. The molecule has 2 aromatic carbocycles. The Bertz CT molecular complexity index is 647. The number of ether oxygens (including phenoxy) is 1. The van der Waals surface area contributed by atoms with Gasteiger partial charge in [0.2, 0.25) is 5.91 Å². The normalized spacial score (nSPS) is 10.3. The topological polar surface area (TPSA) is 38.3 Å². The van der Waals surface area contributed by atoms with E-state index in [1.807, 2.05) is 24.3 Å². The van der Waals surface area contributed by atoms with Crippen molar-refractivity contribution in [3.05, 3.63) is 57.0 Å². The number of rotatable bonds is 6. The Morgan fingerprint density at radius 3 is 2.50 bits per heavy atom. The summed E-state index contributed by atoms with van der Waals surface area (Å²) in [4.78, 5) is 11.8. The molecule has 0 aliphatic rings. The molecular weight excluding hydrogens is 389 g/mol. The summed E-state index contributed by atoms with van der Waals surface area (Å²) in [5.41, 5.74) is 0.633. The van der Waals surface area contributed by atoms with Crippen molar-refractivity contribution in [3.63, 3.8) is 0 Å². The number of carbonyl (C=O) groups excluding carboxylic acids is 1. The quantitative estimate of drug-likeness (QED) is 0.643. The maximum absolute atomic E-state index is 11.8. The molecule has 0 atom stereocenters. The second-order valence-electron chi connectivity index (χ2n) is 4.58. The van der Waals surface area contributed by atoms with Gasteiger partial charge in [-0.25, -0.2) is 0 Å². The van der Waals surface area contributed by atoms with E-state index in [9.17, 15) is 4.79 Å². The third-order valence-electron chi connectivity index (χ3n) is 2.83. The molecule has 0 aliphatic carbocycles. The van der Waals surface area contributed by atoms with E-state index in [1.165, 1.54) is 0 Å². The van der Waals surface area contributed by atoms with Gasteiger partial charge in [0.05, 0.1) is 16.7 Å².